The molecule has 0 fully saturated rings. The average molecular weight is 406 g/mol. The Morgan fingerprint density at radius 1 is 1.33 bits per heavy atom. The number of halogens is 1. The van der Waals surface area contributed by atoms with Crippen LogP contribution < -0.4 is 9.54 Å². The molecule has 140 valence electrons. The van der Waals surface area contributed by atoms with Gasteiger partial charge < -0.3 is 9.30 Å². The first-order chi connectivity index (χ1) is 13.0. The van der Waals surface area contributed by atoms with E-state index in [-0.39, 0.29) is 16.3 Å². The third kappa shape index (κ3) is 3.72. The summed E-state index contributed by atoms with van der Waals surface area (Å²) in [5.74, 6) is -0.00773. The number of carbonyl (C=O) groups excluding carboxylic acids is 1. The van der Waals surface area contributed by atoms with Gasteiger partial charge in [0.1, 0.15) is 16.8 Å². The van der Waals surface area contributed by atoms with Crippen LogP contribution in [0.25, 0.3) is 10.2 Å². The lowest BCUT2D eigenvalue weighted by atomic mass is 10.2. The van der Waals surface area contributed by atoms with Crippen molar-refractivity contribution in [3.63, 3.8) is 0 Å². The molecule has 0 bridgehead atoms. The summed E-state index contributed by atoms with van der Waals surface area (Å²) in [6.07, 6.45) is 0. The molecule has 3 aromatic rings. The number of hydrogen-bond acceptors (Lipinski definition) is 5. The molecule has 1 aromatic heterocycles. The van der Waals surface area contributed by atoms with E-state index in [1.54, 1.807) is 0 Å². The van der Waals surface area contributed by atoms with Gasteiger partial charge in [0.15, 0.2) is 4.80 Å². The lowest BCUT2D eigenvalue weighted by molar-refractivity contribution is -0.385. The fourth-order valence-electron chi connectivity index (χ4n) is 2.73. The molecule has 0 unspecified atom stereocenters. The molecule has 1 amide bonds. The lowest BCUT2D eigenvalue weighted by Crippen LogP contribution is -2.16. The van der Waals surface area contributed by atoms with Crippen molar-refractivity contribution >= 4 is 44.7 Å². The maximum Gasteiger partial charge on any atom is 0.286 e. The van der Waals surface area contributed by atoms with E-state index in [0.29, 0.717) is 23.7 Å². The molecule has 1 heterocycles. The maximum atomic E-state index is 12.7. The number of carbonyl (C=O) groups is 1. The van der Waals surface area contributed by atoms with Gasteiger partial charge in [-0.3, -0.25) is 14.9 Å². The molecule has 0 radical (unpaired) electrons. The number of fused-ring (bicyclic) bond motifs is 1. The van der Waals surface area contributed by atoms with Crippen molar-refractivity contribution in [2.45, 2.75) is 20.4 Å². The summed E-state index contributed by atoms with van der Waals surface area (Å²) >= 11 is 7.23. The number of para-hydroxylation sites is 1. The van der Waals surface area contributed by atoms with Gasteiger partial charge >= 0.3 is 0 Å². The van der Waals surface area contributed by atoms with Gasteiger partial charge in [-0.2, -0.15) is 4.99 Å². The first kappa shape index (κ1) is 19.1. The summed E-state index contributed by atoms with van der Waals surface area (Å²) < 4.78 is 8.46. The van der Waals surface area contributed by atoms with Crippen molar-refractivity contribution in [2.75, 3.05) is 6.61 Å². The van der Waals surface area contributed by atoms with E-state index >= 15 is 0 Å². The van der Waals surface area contributed by atoms with Gasteiger partial charge in [-0.15, -0.1) is 0 Å². The van der Waals surface area contributed by atoms with Gasteiger partial charge in [-0.25, -0.2) is 0 Å². The second-order valence-corrected chi connectivity index (χ2v) is 6.95. The van der Waals surface area contributed by atoms with Crippen LogP contribution in [0.1, 0.15) is 24.2 Å². The molecule has 0 aliphatic carbocycles. The molecule has 9 heteroatoms. The number of benzene rings is 2. The SMILES string of the molecule is CCOc1cccc2sc(=NC(=O)c3cc(Cl)ccc3[N+](=O)[O-])n(CC)c12. The minimum absolute atomic E-state index is 0.141. The number of aromatic nitrogens is 1. The molecule has 0 N–H and O–H groups in total. The Hall–Kier alpha value is -2.71. The molecule has 0 spiro atoms. The molecule has 0 saturated carbocycles. The van der Waals surface area contributed by atoms with Crippen LogP contribution in [0.15, 0.2) is 41.4 Å². The van der Waals surface area contributed by atoms with Crippen LogP contribution in [0.2, 0.25) is 5.02 Å². The Labute approximate surface area is 163 Å². The minimum Gasteiger partial charge on any atom is -0.492 e. The monoisotopic (exact) mass is 405 g/mol. The van der Waals surface area contributed by atoms with Gasteiger partial charge in [0.05, 0.1) is 16.2 Å². The lowest BCUT2D eigenvalue weighted by Gasteiger charge is -2.07. The summed E-state index contributed by atoms with van der Waals surface area (Å²) in [5, 5.41) is 11.5. The third-order valence-electron chi connectivity index (χ3n) is 3.86. The van der Waals surface area contributed by atoms with Crippen LogP contribution in [0.3, 0.4) is 0 Å². The first-order valence-corrected chi connectivity index (χ1v) is 9.43. The van der Waals surface area contributed by atoms with Gasteiger partial charge in [0, 0.05) is 17.6 Å². The minimum atomic E-state index is -0.712. The molecule has 0 aliphatic rings. The standard InChI is InChI=1S/C18H16ClN3O4S/c1-3-21-16-14(26-4-2)6-5-7-15(16)27-18(21)20-17(23)12-10-11(19)8-9-13(12)22(24)25/h5-10H,3-4H2,1-2H3. The van der Waals surface area contributed by atoms with Crippen LogP contribution >= 0.6 is 22.9 Å². The Morgan fingerprint density at radius 2 is 2.11 bits per heavy atom. The Bertz CT molecular complexity index is 1100. The highest BCUT2D eigenvalue weighted by atomic mass is 35.5. The summed E-state index contributed by atoms with van der Waals surface area (Å²) in [7, 11) is 0. The molecule has 27 heavy (non-hydrogen) atoms. The van der Waals surface area contributed by atoms with Crippen molar-refractivity contribution in [1.29, 1.82) is 0 Å². The fourth-order valence-corrected chi connectivity index (χ4v) is 4.02. The molecular weight excluding hydrogens is 390 g/mol. The molecule has 7 nitrogen and oxygen atoms in total. The second-order valence-electron chi connectivity index (χ2n) is 5.50. The summed E-state index contributed by atoms with van der Waals surface area (Å²) in [5.41, 5.74) is 0.379. The predicted octanol–water partition coefficient (Wildman–Crippen LogP) is 4.42. The molecular formula is C18H16ClN3O4S. The van der Waals surface area contributed by atoms with Gasteiger partial charge in [-0.05, 0) is 38.1 Å². The Morgan fingerprint density at radius 3 is 2.78 bits per heavy atom. The number of nitrogens with zero attached hydrogens (tertiary/aromatic N) is 3. The predicted molar refractivity (Wildman–Crippen MR) is 105 cm³/mol. The topological polar surface area (TPSA) is 86.7 Å². The number of thiazole rings is 1. The summed E-state index contributed by atoms with van der Waals surface area (Å²) in [6.45, 7) is 4.90. The molecule has 3 rings (SSSR count). The van der Waals surface area contributed by atoms with Crippen molar-refractivity contribution in [3.8, 4) is 5.75 Å². The van der Waals surface area contributed by atoms with Crippen LogP contribution in [0, 0.1) is 10.1 Å². The first-order valence-electron chi connectivity index (χ1n) is 8.24. The van der Waals surface area contributed by atoms with Gasteiger partial charge in [0.25, 0.3) is 11.6 Å². The fraction of sp³-hybridized carbons (Fsp3) is 0.222. The van der Waals surface area contributed by atoms with Crippen LogP contribution in [-0.4, -0.2) is 22.0 Å². The average Bonchev–Trinajstić information content (AvgIpc) is 2.99. The maximum absolute atomic E-state index is 12.7. The van der Waals surface area contributed by atoms with E-state index in [0.717, 1.165) is 10.2 Å². The number of rotatable bonds is 5. The zero-order valence-corrected chi connectivity index (χ0v) is 16.2. The smallest absolute Gasteiger partial charge is 0.286 e. The quantitative estimate of drug-likeness (QED) is 0.464. The third-order valence-corrected chi connectivity index (χ3v) is 5.14. The molecule has 0 atom stereocenters. The summed E-state index contributed by atoms with van der Waals surface area (Å²) in [4.78, 5) is 27.9. The zero-order chi connectivity index (χ0) is 19.6. The van der Waals surface area contributed by atoms with E-state index < -0.39 is 10.8 Å². The van der Waals surface area contributed by atoms with Crippen molar-refractivity contribution in [1.82, 2.24) is 4.57 Å². The van der Waals surface area contributed by atoms with Crippen molar-refractivity contribution in [3.05, 3.63) is 61.9 Å². The highest BCUT2D eigenvalue weighted by Crippen LogP contribution is 2.28. The van der Waals surface area contributed by atoms with Gasteiger partial charge in [0.2, 0.25) is 0 Å². The van der Waals surface area contributed by atoms with E-state index in [2.05, 4.69) is 4.99 Å². The van der Waals surface area contributed by atoms with Crippen LogP contribution in [0.5, 0.6) is 5.75 Å². The number of nitro benzene ring substituents is 1. The second kappa shape index (κ2) is 7.89. The highest BCUT2D eigenvalue weighted by Gasteiger charge is 2.21. The van der Waals surface area contributed by atoms with E-state index in [1.165, 1.54) is 29.5 Å². The van der Waals surface area contributed by atoms with Crippen LogP contribution in [0.4, 0.5) is 5.69 Å². The van der Waals surface area contributed by atoms with Gasteiger partial charge in [-0.1, -0.05) is 29.0 Å². The molecule has 0 saturated heterocycles. The highest BCUT2D eigenvalue weighted by molar-refractivity contribution is 7.16. The van der Waals surface area contributed by atoms with Crippen LogP contribution in [-0.2, 0) is 6.54 Å². The van der Waals surface area contributed by atoms with E-state index in [1.807, 2.05) is 36.6 Å². The largest absolute Gasteiger partial charge is 0.492 e. The molecule has 2 aromatic carbocycles. The number of nitro groups is 1. The number of aryl methyl sites for hydroxylation is 1. The zero-order valence-electron chi connectivity index (χ0n) is 14.6. The summed E-state index contributed by atoms with van der Waals surface area (Å²) in [6, 6.07) is 9.49. The Balaban J connectivity index is 2.20. The molecule has 0 aliphatic heterocycles. The van der Waals surface area contributed by atoms with E-state index in [9.17, 15) is 14.9 Å². The van der Waals surface area contributed by atoms with E-state index in [4.69, 9.17) is 16.3 Å². The number of amides is 1. The number of ether oxygens (including phenoxy) is 1. The van der Waals surface area contributed by atoms with Crippen molar-refractivity contribution in [2.24, 2.45) is 4.99 Å². The Kier molecular flexibility index (Phi) is 5.57. The number of hydrogen-bond donors (Lipinski definition) is 0. The van der Waals surface area contributed by atoms with Crippen molar-refractivity contribution < 1.29 is 14.5 Å². The normalized spacial score (nSPS) is 11.7.